The Morgan fingerprint density at radius 3 is 2.43 bits per heavy atom. The molecule has 1 fully saturated rings. The molecule has 128 valence electrons. The van der Waals surface area contributed by atoms with Gasteiger partial charge in [-0.15, -0.1) is 0 Å². The van der Waals surface area contributed by atoms with Crippen LogP contribution in [0.5, 0.6) is 5.75 Å². The lowest BCUT2D eigenvalue weighted by Gasteiger charge is -2.28. The van der Waals surface area contributed by atoms with Crippen LogP contribution in [0.4, 0.5) is 0 Å². The molecular weight excluding hydrogens is 314 g/mol. The van der Waals surface area contributed by atoms with Crippen molar-refractivity contribution in [2.75, 3.05) is 32.8 Å². The molecule has 4 nitrogen and oxygen atoms in total. The van der Waals surface area contributed by atoms with Gasteiger partial charge in [-0.3, -0.25) is 4.79 Å². The largest absolute Gasteiger partial charge is 0.487 e. The van der Waals surface area contributed by atoms with Gasteiger partial charge in [0.1, 0.15) is 18.9 Å². The minimum absolute atomic E-state index is 0.0322. The molecule has 2 rings (SSSR count). The van der Waals surface area contributed by atoms with Crippen LogP contribution >= 0.6 is 11.6 Å². The number of aryl methyl sites for hydroxylation is 2. The van der Waals surface area contributed by atoms with E-state index in [4.69, 9.17) is 21.1 Å². The van der Waals surface area contributed by atoms with E-state index in [0.29, 0.717) is 13.2 Å². The van der Waals surface area contributed by atoms with Gasteiger partial charge in [0.2, 0.25) is 0 Å². The van der Waals surface area contributed by atoms with E-state index in [0.717, 1.165) is 54.4 Å². The molecule has 1 N–H and O–H groups in total. The number of carbonyl (C=O) groups is 1. The number of carbonyl (C=O) groups excluding carboxylic acids is 1. The van der Waals surface area contributed by atoms with Crippen LogP contribution in [0.3, 0.4) is 0 Å². The fraction of sp³-hybridized carbons (Fsp3) is 0.611. The van der Waals surface area contributed by atoms with Crippen LogP contribution < -0.4 is 9.64 Å². The van der Waals surface area contributed by atoms with Crippen molar-refractivity contribution in [2.45, 2.75) is 33.6 Å². The fourth-order valence-electron chi connectivity index (χ4n) is 3.19. The van der Waals surface area contributed by atoms with E-state index in [-0.39, 0.29) is 11.9 Å². The summed E-state index contributed by atoms with van der Waals surface area (Å²) in [4.78, 5) is 13.2. The molecule has 0 atom stereocenters. The van der Waals surface area contributed by atoms with Crippen LogP contribution in [0.25, 0.3) is 0 Å². The Morgan fingerprint density at radius 2 is 1.87 bits per heavy atom. The topological polar surface area (TPSA) is 40.0 Å². The number of likely N-dealkylation sites (tertiary alicyclic amines) is 1. The van der Waals surface area contributed by atoms with Crippen molar-refractivity contribution in [2.24, 2.45) is 5.92 Å². The highest BCUT2D eigenvalue weighted by Crippen LogP contribution is 2.26. The summed E-state index contributed by atoms with van der Waals surface area (Å²) in [5, 5.41) is 0.749. The van der Waals surface area contributed by atoms with Crippen LogP contribution in [0.1, 0.15) is 30.9 Å². The third kappa shape index (κ3) is 5.11. The second-order valence-electron chi connectivity index (χ2n) is 6.24. The van der Waals surface area contributed by atoms with E-state index in [1.165, 1.54) is 4.90 Å². The first-order valence-electron chi connectivity index (χ1n) is 8.41. The van der Waals surface area contributed by atoms with Crippen LogP contribution in [-0.4, -0.2) is 38.8 Å². The third-order valence-corrected chi connectivity index (χ3v) is 4.66. The van der Waals surface area contributed by atoms with Crippen molar-refractivity contribution in [1.29, 1.82) is 0 Å². The van der Waals surface area contributed by atoms with Gasteiger partial charge in [0, 0.05) is 17.9 Å². The van der Waals surface area contributed by atoms with Crippen LogP contribution in [-0.2, 0) is 9.53 Å². The average molecular weight is 341 g/mol. The molecule has 5 heteroatoms. The Hall–Kier alpha value is -1.26. The lowest BCUT2D eigenvalue weighted by Crippen LogP contribution is -3.13. The number of rotatable bonds is 6. The molecule has 1 aliphatic heterocycles. The summed E-state index contributed by atoms with van der Waals surface area (Å²) in [6.07, 6.45) is 1.82. The van der Waals surface area contributed by atoms with Crippen molar-refractivity contribution < 1.29 is 19.2 Å². The highest BCUT2D eigenvalue weighted by molar-refractivity contribution is 6.30. The number of nitrogens with one attached hydrogen (secondary N) is 1. The number of quaternary nitrogens is 1. The van der Waals surface area contributed by atoms with Gasteiger partial charge in [-0.05, 0) is 44.0 Å². The van der Waals surface area contributed by atoms with E-state index in [1.807, 2.05) is 32.9 Å². The molecule has 1 aliphatic rings. The number of hydrogen-bond donors (Lipinski definition) is 1. The first kappa shape index (κ1) is 18.1. The van der Waals surface area contributed by atoms with E-state index < -0.39 is 0 Å². The maximum absolute atomic E-state index is 11.7. The summed E-state index contributed by atoms with van der Waals surface area (Å²) in [6.45, 7) is 10.0. The highest BCUT2D eigenvalue weighted by Gasteiger charge is 2.28. The number of piperidine rings is 1. The molecule has 23 heavy (non-hydrogen) atoms. The number of halogens is 1. The lowest BCUT2D eigenvalue weighted by molar-refractivity contribution is -0.905. The first-order valence-corrected chi connectivity index (χ1v) is 8.78. The molecule has 1 aromatic carbocycles. The van der Waals surface area contributed by atoms with E-state index in [9.17, 15) is 4.79 Å². The maximum Gasteiger partial charge on any atom is 0.309 e. The zero-order valence-electron chi connectivity index (χ0n) is 14.3. The van der Waals surface area contributed by atoms with Crippen molar-refractivity contribution in [3.05, 3.63) is 28.3 Å². The fourth-order valence-corrected chi connectivity index (χ4v) is 3.52. The zero-order chi connectivity index (χ0) is 16.8. The standard InChI is InChI=1S/C18H26ClNO3/c1-4-22-18(21)15-5-7-20(8-6-15)9-10-23-17-13(2)11-16(19)12-14(17)3/h11-12,15H,4-10H2,1-3H3/p+1. The Kier molecular flexibility index (Phi) is 6.72. The van der Waals surface area contributed by atoms with Crippen LogP contribution in [0.15, 0.2) is 12.1 Å². The van der Waals surface area contributed by atoms with Gasteiger partial charge in [0.05, 0.1) is 25.6 Å². The van der Waals surface area contributed by atoms with Crippen LogP contribution in [0, 0.1) is 19.8 Å². The summed E-state index contributed by atoms with van der Waals surface area (Å²) in [5.74, 6) is 0.991. The number of hydrogen-bond acceptors (Lipinski definition) is 3. The van der Waals surface area contributed by atoms with Gasteiger partial charge in [0.25, 0.3) is 0 Å². The SMILES string of the molecule is CCOC(=O)C1CC[NH+](CCOc2c(C)cc(Cl)cc2C)CC1. The minimum atomic E-state index is -0.0322. The Bertz CT molecular complexity index is 516. The summed E-state index contributed by atoms with van der Waals surface area (Å²) in [7, 11) is 0. The monoisotopic (exact) mass is 340 g/mol. The van der Waals surface area contributed by atoms with Gasteiger partial charge >= 0.3 is 5.97 Å². The smallest absolute Gasteiger partial charge is 0.309 e. The predicted molar refractivity (Wildman–Crippen MR) is 91.3 cm³/mol. The molecule has 0 radical (unpaired) electrons. The van der Waals surface area contributed by atoms with Gasteiger partial charge in [-0.1, -0.05) is 11.6 Å². The quantitative estimate of drug-likeness (QED) is 0.807. The maximum atomic E-state index is 11.7. The summed E-state index contributed by atoms with van der Waals surface area (Å²) >= 11 is 6.04. The highest BCUT2D eigenvalue weighted by atomic mass is 35.5. The van der Waals surface area contributed by atoms with E-state index in [2.05, 4.69) is 0 Å². The Labute approximate surface area is 143 Å². The minimum Gasteiger partial charge on any atom is -0.487 e. The molecule has 1 saturated heterocycles. The first-order chi connectivity index (χ1) is 11.0. The van der Waals surface area contributed by atoms with Gasteiger partial charge < -0.3 is 14.4 Å². The lowest BCUT2D eigenvalue weighted by atomic mass is 9.97. The van der Waals surface area contributed by atoms with Crippen LogP contribution in [0.2, 0.25) is 5.02 Å². The molecular formula is C18H27ClNO3+. The van der Waals surface area contributed by atoms with Crippen molar-refractivity contribution in [1.82, 2.24) is 0 Å². The van der Waals surface area contributed by atoms with Crippen molar-refractivity contribution in [3.63, 3.8) is 0 Å². The second kappa shape index (κ2) is 8.55. The molecule has 0 unspecified atom stereocenters. The normalized spacial score (nSPS) is 21.0. The Morgan fingerprint density at radius 1 is 1.26 bits per heavy atom. The molecule has 0 aliphatic carbocycles. The van der Waals surface area contributed by atoms with Crippen molar-refractivity contribution in [3.8, 4) is 5.75 Å². The molecule has 0 saturated carbocycles. The second-order valence-corrected chi connectivity index (χ2v) is 6.68. The molecule has 0 spiro atoms. The van der Waals surface area contributed by atoms with Gasteiger partial charge in [-0.2, -0.15) is 0 Å². The van der Waals surface area contributed by atoms with Gasteiger partial charge in [-0.25, -0.2) is 0 Å². The van der Waals surface area contributed by atoms with E-state index in [1.54, 1.807) is 0 Å². The summed E-state index contributed by atoms with van der Waals surface area (Å²) in [6, 6.07) is 3.86. The number of ether oxygens (including phenoxy) is 2. The van der Waals surface area contributed by atoms with E-state index >= 15 is 0 Å². The number of benzene rings is 1. The molecule has 0 aromatic heterocycles. The molecule has 1 aromatic rings. The Balaban J connectivity index is 1.75. The summed E-state index contributed by atoms with van der Waals surface area (Å²) < 4.78 is 11.1. The third-order valence-electron chi connectivity index (χ3n) is 4.44. The average Bonchev–Trinajstić information content (AvgIpc) is 2.50. The predicted octanol–water partition coefficient (Wildman–Crippen LogP) is 2.19. The zero-order valence-corrected chi connectivity index (χ0v) is 15.0. The number of esters is 1. The van der Waals surface area contributed by atoms with Crippen molar-refractivity contribution >= 4 is 17.6 Å². The molecule has 0 amide bonds. The van der Waals surface area contributed by atoms with Gasteiger partial charge in [0.15, 0.2) is 0 Å². The summed E-state index contributed by atoms with van der Waals surface area (Å²) in [5.41, 5.74) is 2.15. The molecule has 1 heterocycles. The molecule has 0 bridgehead atoms.